The molecule has 1 unspecified atom stereocenters. The Hall–Kier alpha value is -2.44. The smallest absolute Gasteiger partial charge is 0.322 e. The normalized spacial score (nSPS) is 12.4. The van der Waals surface area contributed by atoms with Gasteiger partial charge in [-0.15, -0.1) is 12.3 Å². The first kappa shape index (κ1) is 16.6. The van der Waals surface area contributed by atoms with Crippen molar-refractivity contribution in [1.82, 2.24) is 4.72 Å². The molecule has 2 N–H and O–H groups in total. The molecule has 0 aliphatic carbocycles. The molecule has 0 fully saturated rings. The number of terminal acetylenes is 1. The third-order valence-electron chi connectivity index (χ3n) is 2.66. The lowest BCUT2D eigenvalue weighted by Crippen LogP contribution is -2.40. The van der Waals surface area contributed by atoms with Gasteiger partial charge in [-0.1, -0.05) is 6.07 Å². The number of nitro groups is 1. The number of sulfonamides is 1. The molecule has 1 aromatic carbocycles. The zero-order chi connectivity index (χ0) is 16.2. The van der Waals surface area contributed by atoms with Gasteiger partial charge in [0.2, 0.25) is 10.0 Å². The summed E-state index contributed by atoms with van der Waals surface area (Å²) in [4.78, 5) is 20.7. The highest BCUT2D eigenvalue weighted by Gasteiger charge is 2.28. The number of aliphatic carboxylic acids is 1. The van der Waals surface area contributed by atoms with Crippen molar-refractivity contribution in [2.45, 2.75) is 24.3 Å². The number of hydrogen-bond donors (Lipinski definition) is 2. The Morgan fingerprint density at radius 2 is 2.19 bits per heavy atom. The lowest BCUT2D eigenvalue weighted by molar-refractivity contribution is -0.385. The van der Waals surface area contributed by atoms with Crippen molar-refractivity contribution in [1.29, 1.82) is 0 Å². The topological polar surface area (TPSA) is 127 Å². The van der Waals surface area contributed by atoms with Gasteiger partial charge in [0.25, 0.3) is 5.69 Å². The van der Waals surface area contributed by atoms with Crippen LogP contribution in [0.2, 0.25) is 0 Å². The van der Waals surface area contributed by atoms with Gasteiger partial charge in [0, 0.05) is 18.1 Å². The van der Waals surface area contributed by atoms with Crippen LogP contribution in [0.5, 0.6) is 0 Å². The summed E-state index contributed by atoms with van der Waals surface area (Å²) in [7, 11) is -4.24. The maximum absolute atomic E-state index is 12.2. The molecule has 0 spiro atoms. The van der Waals surface area contributed by atoms with Gasteiger partial charge >= 0.3 is 5.97 Å². The van der Waals surface area contributed by atoms with Gasteiger partial charge in [-0.3, -0.25) is 14.9 Å². The molecule has 9 heteroatoms. The van der Waals surface area contributed by atoms with Crippen molar-refractivity contribution in [3.8, 4) is 12.3 Å². The fourth-order valence-electron chi connectivity index (χ4n) is 1.64. The van der Waals surface area contributed by atoms with Gasteiger partial charge in [-0.25, -0.2) is 8.42 Å². The molecule has 0 bridgehead atoms. The first-order valence-corrected chi connectivity index (χ1v) is 7.11. The van der Waals surface area contributed by atoms with Crippen LogP contribution in [0.4, 0.5) is 5.69 Å². The fraction of sp³-hybridized carbons (Fsp3) is 0.250. The summed E-state index contributed by atoms with van der Waals surface area (Å²) in [6, 6.07) is 2.01. The Kier molecular flexibility index (Phi) is 5.02. The van der Waals surface area contributed by atoms with Crippen LogP contribution in [0.1, 0.15) is 12.0 Å². The van der Waals surface area contributed by atoms with Gasteiger partial charge in [0.05, 0.1) is 9.82 Å². The average molecular weight is 312 g/mol. The second-order valence-corrected chi connectivity index (χ2v) is 5.76. The van der Waals surface area contributed by atoms with E-state index in [1.165, 1.54) is 13.0 Å². The number of nitrogens with one attached hydrogen (secondary N) is 1. The minimum Gasteiger partial charge on any atom is -0.480 e. The number of carboxylic acids is 1. The minimum absolute atomic E-state index is 0.0835. The summed E-state index contributed by atoms with van der Waals surface area (Å²) >= 11 is 0. The van der Waals surface area contributed by atoms with E-state index in [-0.39, 0.29) is 22.6 Å². The third-order valence-corrected chi connectivity index (χ3v) is 4.28. The quantitative estimate of drug-likeness (QED) is 0.451. The number of carboxylic acid groups (broad SMARTS) is 1. The number of benzene rings is 1. The van der Waals surface area contributed by atoms with Crippen molar-refractivity contribution in [3.63, 3.8) is 0 Å². The zero-order valence-corrected chi connectivity index (χ0v) is 11.8. The van der Waals surface area contributed by atoms with E-state index in [9.17, 15) is 23.3 Å². The molecule has 0 heterocycles. The van der Waals surface area contributed by atoms with E-state index in [1.54, 1.807) is 0 Å². The van der Waals surface area contributed by atoms with Crippen LogP contribution in [0, 0.1) is 29.4 Å². The molecule has 0 radical (unpaired) electrons. The molecule has 0 aromatic heterocycles. The second kappa shape index (κ2) is 6.34. The first-order valence-electron chi connectivity index (χ1n) is 5.63. The van der Waals surface area contributed by atoms with Crippen molar-refractivity contribution >= 4 is 21.7 Å². The fourth-order valence-corrected chi connectivity index (χ4v) is 3.09. The molecular formula is C12H12N2O6S. The van der Waals surface area contributed by atoms with E-state index < -0.39 is 27.0 Å². The van der Waals surface area contributed by atoms with Crippen LogP contribution in [0.25, 0.3) is 0 Å². The molecule has 0 aliphatic rings. The maximum Gasteiger partial charge on any atom is 0.322 e. The van der Waals surface area contributed by atoms with Crippen molar-refractivity contribution in [2.24, 2.45) is 0 Å². The monoisotopic (exact) mass is 312 g/mol. The van der Waals surface area contributed by atoms with Crippen molar-refractivity contribution in [3.05, 3.63) is 33.9 Å². The summed E-state index contributed by atoms with van der Waals surface area (Å²) < 4.78 is 26.2. The highest BCUT2D eigenvalue weighted by Crippen LogP contribution is 2.24. The van der Waals surface area contributed by atoms with Crippen LogP contribution in [0.3, 0.4) is 0 Å². The number of carbonyl (C=O) groups is 1. The van der Waals surface area contributed by atoms with Gasteiger partial charge in [-0.2, -0.15) is 4.72 Å². The molecule has 0 amide bonds. The first-order chi connectivity index (χ1) is 9.70. The van der Waals surface area contributed by atoms with E-state index in [2.05, 4.69) is 5.92 Å². The molecule has 1 rings (SSSR count). The van der Waals surface area contributed by atoms with E-state index in [0.29, 0.717) is 0 Å². The van der Waals surface area contributed by atoms with E-state index in [1.807, 2.05) is 4.72 Å². The van der Waals surface area contributed by atoms with Gasteiger partial charge < -0.3 is 5.11 Å². The van der Waals surface area contributed by atoms with Crippen molar-refractivity contribution in [2.75, 3.05) is 0 Å². The Labute approximate surface area is 121 Å². The highest BCUT2D eigenvalue weighted by molar-refractivity contribution is 7.89. The molecule has 0 saturated carbocycles. The Bertz CT molecular complexity index is 720. The lowest BCUT2D eigenvalue weighted by Gasteiger charge is -2.13. The molecule has 1 atom stereocenters. The second-order valence-electron chi connectivity index (χ2n) is 4.08. The SMILES string of the molecule is C#CCC(NS(=O)(=O)c1cccc([N+](=O)[O-])c1C)C(=O)O. The van der Waals surface area contributed by atoms with Crippen LogP contribution in [0.15, 0.2) is 23.1 Å². The molecule has 112 valence electrons. The number of rotatable bonds is 6. The summed E-state index contributed by atoms with van der Waals surface area (Å²) in [6.45, 7) is 1.27. The Balaban J connectivity index is 3.26. The van der Waals surface area contributed by atoms with Gasteiger partial charge in [0.1, 0.15) is 6.04 Å². The van der Waals surface area contributed by atoms with E-state index in [4.69, 9.17) is 11.5 Å². The lowest BCUT2D eigenvalue weighted by atomic mass is 10.2. The van der Waals surface area contributed by atoms with Gasteiger partial charge in [-0.05, 0) is 13.0 Å². The number of nitrogens with zero attached hydrogens (tertiary/aromatic N) is 1. The molecular weight excluding hydrogens is 300 g/mol. The minimum atomic E-state index is -4.24. The van der Waals surface area contributed by atoms with Crippen LogP contribution in [-0.4, -0.2) is 30.5 Å². The van der Waals surface area contributed by atoms with Crippen LogP contribution in [-0.2, 0) is 14.8 Å². The highest BCUT2D eigenvalue weighted by atomic mass is 32.2. The largest absolute Gasteiger partial charge is 0.480 e. The molecule has 0 aliphatic heterocycles. The third kappa shape index (κ3) is 3.77. The Morgan fingerprint density at radius 1 is 1.57 bits per heavy atom. The summed E-state index contributed by atoms with van der Waals surface area (Å²) in [6.07, 6.45) is 4.64. The van der Waals surface area contributed by atoms with E-state index >= 15 is 0 Å². The predicted molar refractivity (Wildman–Crippen MR) is 73.0 cm³/mol. The molecule has 0 saturated heterocycles. The zero-order valence-electron chi connectivity index (χ0n) is 10.9. The number of nitro benzene ring substituents is 1. The molecule has 8 nitrogen and oxygen atoms in total. The summed E-state index contributed by atoms with van der Waals surface area (Å²) in [5.74, 6) is 0.620. The van der Waals surface area contributed by atoms with Gasteiger partial charge in [0.15, 0.2) is 0 Å². The van der Waals surface area contributed by atoms with E-state index in [0.717, 1.165) is 12.1 Å². The Morgan fingerprint density at radius 3 is 2.67 bits per heavy atom. The van der Waals surface area contributed by atoms with Crippen LogP contribution >= 0.6 is 0 Å². The maximum atomic E-state index is 12.2. The standard InChI is InChI=1S/C12H12N2O6S/c1-3-5-9(12(15)16)13-21(19,20)11-7-4-6-10(8(11)2)14(17)18/h1,4,6-7,9,13H,5H2,2H3,(H,15,16). The predicted octanol–water partition coefficient (Wildman–Crippen LogP) is 0.658. The van der Waals surface area contributed by atoms with Crippen molar-refractivity contribution < 1.29 is 23.2 Å². The number of hydrogen-bond acceptors (Lipinski definition) is 5. The average Bonchev–Trinajstić information content (AvgIpc) is 2.37. The summed E-state index contributed by atoms with van der Waals surface area (Å²) in [5.41, 5.74) is -0.457. The summed E-state index contributed by atoms with van der Waals surface area (Å²) in [5, 5.41) is 19.7. The molecule has 21 heavy (non-hydrogen) atoms. The molecule has 1 aromatic rings. The van der Waals surface area contributed by atoms with Crippen LogP contribution < -0.4 is 4.72 Å².